The Morgan fingerprint density at radius 3 is 2.76 bits per heavy atom. The van der Waals surface area contributed by atoms with E-state index in [4.69, 9.17) is 9.47 Å². The summed E-state index contributed by atoms with van der Waals surface area (Å²) < 4.78 is 10.3. The van der Waals surface area contributed by atoms with Crippen molar-refractivity contribution in [1.29, 1.82) is 0 Å². The van der Waals surface area contributed by atoms with Crippen LogP contribution < -0.4 is 5.32 Å². The van der Waals surface area contributed by atoms with E-state index in [1.54, 1.807) is 7.11 Å². The third kappa shape index (κ3) is 4.41. The van der Waals surface area contributed by atoms with Gasteiger partial charge in [0, 0.05) is 13.2 Å². The molecule has 5 nitrogen and oxygen atoms in total. The Kier molecular flexibility index (Phi) is 7.63. The van der Waals surface area contributed by atoms with Crippen LogP contribution >= 0.6 is 0 Å². The Morgan fingerprint density at radius 1 is 1.48 bits per heavy atom. The second-order valence-corrected chi connectivity index (χ2v) is 6.16. The molecule has 1 fully saturated rings. The summed E-state index contributed by atoms with van der Waals surface area (Å²) >= 11 is 0. The number of carbonyl (C=O) groups excluding carboxylic acids is 1. The highest BCUT2D eigenvalue weighted by Gasteiger charge is 2.49. The van der Waals surface area contributed by atoms with Crippen LogP contribution in [0, 0.1) is 5.92 Å². The van der Waals surface area contributed by atoms with Gasteiger partial charge in [0.15, 0.2) is 0 Å². The molecule has 0 spiro atoms. The van der Waals surface area contributed by atoms with Gasteiger partial charge >= 0.3 is 5.97 Å². The molecule has 3 atom stereocenters. The fourth-order valence-electron chi connectivity index (χ4n) is 3.49. The summed E-state index contributed by atoms with van der Waals surface area (Å²) in [7, 11) is 5.34. The minimum Gasteiger partial charge on any atom is -0.468 e. The molecule has 1 N–H and O–H groups in total. The van der Waals surface area contributed by atoms with Gasteiger partial charge in [-0.3, -0.25) is 4.79 Å². The molecule has 5 heteroatoms. The normalized spacial score (nSPS) is 27.0. The smallest absolute Gasteiger partial charge is 0.326 e. The third-order valence-corrected chi connectivity index (χ3v) is 4.85. The average Bonchev–Trinajstić information content (AvgIpc) is 2.88. The highest BCUT2D eigenvalue weighted by Crippen LogP contribution is 2.39. The lowest BCUT2D eigenvalue weighted by Crippen LogP contribution is -2.55. The van der Waals surface area contributed by atoms with Crippen molar-refractivity contribution >= 4 is 5.97 Å². The number of rotatable bonds is 9. The Bertz CT molecular complexity index is 325. The summed E-state index contributed by atoms with van der Waals surface area (Å²) in [6, 6.07) is 0.392. The van der Waals surface area contributed by atoms with Crippen molar-refractivity contribution in [3.8, 4) is 0 Å². The molecule has 0 heterocycles. The van der Waals surface area contributed by atoms with Crippen LogP contribution in [0.3, 0.4) is 0 Å². The van der Waals surface area contributed by atoms with E-state index in [1.807, 2.05) is 6.92 Å². The fourth-order valence-corrected chi connectivity index (χ4v) is 3.49. The lowest BCUT2D eigenvalue weighted by Gasteiger charge is -2.35. The molecule has 0 aromatic heterocycles. The number of hydrogen-bond donors (Lipinski definition) is 1. The largest absolute Gasteiger partial charge is 0.468 e. The zero-order valence-electron chi connectivity index (χ0n) is 14.3. The van der Waals surface area contributed by atoms with Crippen LogP contribution in [-0.2, 0) is 14.3 Å². The molecule has 0 radical (unpaired) electrons. The van der Waals surface area contributed by atoms with Crippen molar-refractivity contribution < 1.29 is 14.3 Å². The van der Waals surface area contributed by atoms with Gasteiger partial charge in [0.05, 0.1) is 13.7 Å². The van der Waals surface area contributed by atoms with E-state index in [0.29, 0.717) is 12.0 Å². The zero-order chi connectivity index (χ0) is 15.9. The monoisotopic (exact) mass is 300 g/mol. The van der Waals surface area contributed by atoms with E-state index in [2.05, 4.69) is 24.2 Å². The molecule has 0 aromatic carbocycles. The number of nitrogens with zero attached hydrogens (tertiary/aromatic N) is 1. The molecule has 0 bridgehead atoms. The zero-order valence-corrected chi connectivity index (χ0v) is 14.3. The predicted octanol–water partition coefficient (Wildman–Crippen LogP) is 1.66. The topological polar surface area (TPSA) is 50.8 Å². The Balaban J connectivity index is 2.65. The van der Waals surface area contributed by atoms with Crippen LogP contribution in [0.4, 0.5) is 0 Å². The first-order valence-corrected chi connectivity index (χ1v) is 8.04. The maximum Gasteiger partial charge on any atom is 0.326 e. The van der Waals surface area contributed by atoms with Crippen molar-refractivity contribution in [2.45, 2.75) is 51.1 Å². The Morgan fingerprint density at radius 2 is 2.19 bits per heavy atom. The fraction of sp³-hybridized carbons (Fsp3) is 0.938. The summed E-state index contributed by atoms with van der Waals surface area (Å²) in [5.41, 5.74) is -0.477. The van der Waals surface area contributed by atoms with E-state index in [1.165, 1.54) is 7.11 Å². The standard InChI is InChI=1S/C16H32N2O3/c1-6-17-16(15(19)21-5)10-7-8-14(16)9-11-18(3)13(2)12-20-4/h13-14,17H,6-12H2,1-5H3. The van der Waals surface area contributed by atoms with Crippen LogP contribution in [0.15, 0.2) is 0 Å². The van der Waals surface area contributed by atoms with Gasteiger partial charge in [-0.2, -0.15) is 0 Å². The molecular formula is C16H32N2O3. The van der Waals surface area contributed by atoms with Crippen molar-refractivity contribution in [2.75, 3.05) is 41.0 Å². The van der Waals surface area contributed by atoms with Crippen molar-refractivity contribution in [3.05, 3.63) is 0 Å². The molecule has 3 unspecified atom stereocenters. The quantitative estimate of drug-likeness (QED) is 0.656. The number of hydrogen-bond acceptors (Lipinski definition) is 5. The maximum absolute atomic E-state index is 12.3. The van der Waals surface area contributed by atoms with Gasteiger partial charge < -0.3 is 19.7 Å². The van der Waals surface area contributed by atoms with Crippen LogP contribution in [0.25, 0.3) is 0 Å². The van der Waals surface area contributed by atoms with Gasteiger partial charge in [-0.15, -0.1) is 0 Å². The van der Waals surface area contributed by atoms with E-state index < -0.39 is 5.54 Å². The molecule has 1 aliphatic carbocycles. The molecule has 0 aliphatic heterocycles. The van der Waals surface area contributed by atoms with Gasteiger partial charge in [-0.05, 0) is 52.2 Å². The number of methoxy groups -OCH3 is 2. The molecule has 1 saturated carbocycles. The molecule has 124 valence electrons. The Hall–Kier alpha value is -0.650. The predicted molar refractivity (Wildman–Crippen MR) is 84.3 cm³/mol. The van der Waals surface area contributed by atoms with Gasteiger partial charge in [-0.25, -0.2) is 0 Å². The van der Waals surface area contributed by atoms with Gasteiger partial charge in [0.1, 0.15) is 5.54 Å². The number of likely N-dealkylation sites (N-methyl/N-ethyl adjacent to an activating group) is 2. The summed E-state index contributed by atoms with van der Waals surface area (Å²) in [6.07, 6.45) is 4.07. The minimum absolute atomic E-state index is 0.0977. The van der Waals surface area contributed by atoms with Crippen LogP contribution in [0.5, 0.6) is 0 Å². The highest BCUT2D eigenvalue weighted by atomic mass is 16.5. The maximum atomic E-state index is 12.3. The van der Waals surface area contributed by atoms with Gasteiger partial charge in [0.2, 0.25) is 0 Å². The van der Waals surface area contributed by atoms with Crippen LogP contribution in [0.2, 0.25) is 0 Å². The van der Waals surface area contributed by atoms with Crippen LogP contribution in [-0.4, -0.2) is 63.4 Å². The molecule has 0 saturated heterocycles. The number of esters is 1. The van der Waals surface area contributed by atoms with E-state index >= 15 is 0 Å². The molecule has 0 amide bonds. The summed E-state index contributed by atoms with van der Waals surface area (Å²) in [6.45, 7) is 6.71. The lowest BCUT2D eigenvalue weighted by atomic mass is 9.84. The second kappa shape index (κ2) is 8.71. The lowest BCUT2D eigenvalue weighted by molar-refractivity contribution is -0.150. The van der Waals surface area contributed by atoms with Gasteiger partial charge in [0.25, 0.3) is 0 Å². The summed E-state index contributed by atoms with van der Waals surface area (Å²) in [4.78, 5) is 14.6. The van der Waals surface area contributed by atoms with Crippen molar-refractivity contribution in [2.24, 2.45) is 5.92 Å². The molecule has 1 rings (SSSR count). The number of ether oxygens (including phenoxy) is 2. The van der Waals surface area contributed by atoms with Crippen LogP contribution in [0.1, 0.15) is 39.5 Å². The molecule has 1 aliphatic rings. The minimum atomic E-state index is -0.477. The van der Waals surface area contributed by atoms with E-state index in [0.717, 1.165) is 45.4 Å². The Labute approximate surface area is 129 Å². The number of nitrogens with one attached hydrogen (secondary N) is 1. The summed E-state index contributed by atoms with van der Waals surface area (Å²) in [5, 5.41) is 3.42. The molecule has 0 aromatic rings. The third-order valence-electron chi connectivity index (χ3n) is 4.85. The average molecular weight is 300 g/mol. The second-order valence-electron chi connectivity index (χ2n) is 6.16. The summed E-state index contributed by atoms with van der Waals surface area (Å²) in [5.74, 6) is 0.251. The molecular weight excluding hydrogens is 268 g/mol. The first-order chi connectivity index (χ1) is 10.0. The SMILES string of the molecule is CCNC1(C(=O)OC)CCCC1CCN(C)C(C)COC. The first kappa shape index (κ1) is 18.4. The van der Waals surface area contributed by atoms with E-state index in [-0.39, 0.29) is 5.97 Å². The molecule has 21 heavy (non-hydrogen) atoms. The van der Waals surface area contributed by atoms with Crippen molar-refractivity contribution in [1.82, 2.24) is 10.2 Å². The number of carbonyl (C=O) groups is 1. The van der Waals surface area contributed by atoms with Gasteiger partial charge in [-0.1, -0.05) is 13.3 Å². The highest BCUT2D eigenvalue weighted by molar-refractivity contribution is 5.81. The first-order valence-electron chi connectivity index (χ1n) is 8.04. The van der Waals surface area contributed by atoms with Crippen molar-refractivity contribution in [3.63, 3.8) is 0 Å². The van der Waals surface area contributed by atoms with E-state index in [9.17, 15) is 4.79 Å².